The van der Waals surface area contributed by atoms with Crippen molar-refractivity contribution in [1.82, 2.24) is 4.90 Å². The first-order valence-corrected chi connectivity index (χ1v) is 7.97. The summed E-state index contributed by atoms with van der Waals surface area (Å²) in [5.74, 6) is 6.00. The molecular formula is C16H21NO2S. The van der Waals surface area contributed by atoms with Crippen molar-refractivity contribution in [3.63, 3.8) is 0 Å². The average Bonchev–Trinajstić information content (AvgIpc) is 2.87. The van der Waals surface area contributed by atoms with Gasteiger partial charge >= 0.3 is 0 Å². The molecule has 108 valence electrons. The molecule has 1 aliphatic heterocycles. The van der Waals surface area contributed by atoms with E-state index >= 15 is 0 Å². The molecule has 1 N–H and O–H groups in total. The zero-order chi connectivity index (χ0) is 14.5. The molecule has 0 spiro atoms. The first-order valence-electron chi connectivity index (χ1n) is 7.15. The Kier molecular flexibility index (Phi) is 5.22. The second-order valence-corrected chi connectivity index (χ2v) is 6.36. The van der Waals surface area contributed by atoms with E-state index < -0.39 is 0 Å². The minimum absolute atomic E-state index is 0.0764. The van der Waals surface area contributed by atoms with E-state index in [1.54, 1.807) is 0 Å². The molecule has 2 rings (SSSR count). The lowest BCUT2D eigenvalue weighted by Gasteiger charge is -2.38. The summed E-state index contributed by atoms with van der Waals surface area (Å²) in [7, 11) is 0. The molecule has 1 fully saturated rings. The number of rotatable bonds is 2. The summed E-state index contributed by atoms with van der Waals surface area (Å²) in [6, 6.07) is 4.39. The predicted molar refractivity (Wildman–Crippen MR) is 81.8 cm³/mol. The number of amides is 1. The third-order valence-electron chi connectivity index (χ3n) is 3.69. The van der Waals surface area contributed by atoms with Gasteiger partial charge in [0.15, 0.2) is 0 Å². The predicted octanol–water partition coefficient (Wildman–Crippen LogP) is 2.89. The third-order valence-corrected chi connectivity index (χ3v) is 4.68. The highest BCUT2D eigenvalue weighted by molar-refractivity contribution is 7.14. The van der Waals surface area contributed by atoms with E-state index in [4.69, 9.17) is 5.11 Å². The van der Waals surface area contributed by atoms with E-state index in [-0.39, 0.29) is 12.5 Å². The quantitative estimate of drug-likeness (QED) is 0.851. The number of thiophene rings is 1. The van der Waals surface area contributed by atoms with Crippen LogP contribution in [0.3, 0.4) is 0 Å². The molecule has 4 heteroatoms. The highest BCUT2D eigenvalue weighted by Crippen LogP contribution is 2.26. The highest BCUT2D eigenvalue weighted by Gasteiger charge is 2.30. The Hall–Kier alpha value is -1.31. The minimum Gasteiger partial charge on any atom is -0.395 e. The minimum atomic E-state index is 0.0764. The van der Waals surface area contributed by atoms with Crippen LogP contribution in [0.25, 0.3) is 0 Å². The van der Waals surface area contributed by atoms with E-state index in [0.29, 0.717) is 18.5 Å². The summed E-state index contributed by atoms with van der Waals surface area (Å²) < 4.78 is 0. The van der Waals surface area contributed by atoms with Crippen LogP contribution in [-0.4, -0.2) is 34.6 Å². The summed E-state index contributed by atoms with van der Waals surface area (Å²) in [4.78, 5) is 16.3. The molecule has 0 aromatic carbocycles. The Balaban J connectivity index is 2.11. The number of aliphatic hydroxyl groups is 1. The maximum absolute atomic E-state index is 12.6. The fourth-order valence-corrected chi connectivity index (χ4v) is 3.50. The van der Waals surface area contributed by atoms with Crippen molar-refractivity contribution in [1.29, 1.82) is 0 Å². The molecule has 2 atom stereocenters. The van der Waals surface area contributed by atoms with Gasteiger partial charge in [-0.2, -0.15) is 0 Å². The molecule has 3 nitrogen and oxygen atoms in total. The van der Waals surface area contributed by atoms with E-state index in [9.17, 15) is 4.79 Å². The largest absolute Gasteiger partial charge is 0.395 e. The molecule has 0 saturated carbocycles. The topological polar surface area (TPSA) is 40.5 Å². The number of hydrogen-bond acceptors (Lipinski definition) is 3. The van der Waals surface area contributed by atoms with Gasteiger partial charge in [-0.05, 0) is 45.2 Å². The molecule has 20 heavy (non-hydrogen) atoms. The van der Waals surface area contributed by atoms with Gasteiger partial charge in [0.25, 0.3) is 5.91 Å². The van der Waals surface area contributed by atoms with Crippen LogP contribution in [0, 0.1) is 11.8 Å². The van der Waals surface area contributed by atoms with Crippen molar-refractivity contribution < 1.29 is 9.90 Å². The second kappa shape index (κ2) is 6.92. The van der Waals surface area contributed by atoms with E-state index in [2.05, 4.69) is 25.7 Å². The van der Waals surface area contributed by atoms with Crippen molar-refractivity contribution in [2.75, 3.05) is 6.61 Å². The van der Waals surface area contributed by atoms with Crippen molar-refractivity contribution in [2.45, 2.75) is 51.6 Å². The van der Waals surface area contributed by atoms with E-state index in [1.807, 2.05) is 17.0 Å². The molecule has 1 saturated heterocycles. The van der Waals surface area contributed by atoms with Crippen LogP contribution < -0.4 is 0 Å². The standard InChI is InChI=1S/C16H21NO2S/c1-12-6-5-7-13(2)17(12)16(19)15-10-9-14(20-15)8-3-4-11-18/h9-10,12-13,18H,4-7,11H2,1-2H3/t12-,13+. The molecule has 1 aromatic heterocycles. The van der Waals surface area contributed by atoms with Crippen LogP contribution >= 0.6 is 11.3 Å². The summed E-state index contributed by atoms with van der Waals surface area (Å²) in [6.07, 6.45) is 3.85. The van der Waals surface area contributed by atoms with Crippen LogP contribution in [-0.2, 0) is 0 Å². The van der Waals surface area contributed by atoms with Gasteiger partial charge in [-0.1, -0.05) is 11.8 Å². The second-order valence-electron chi connectivity index (χ2n) is 5.28. The first-order chi connectivity index (χ1) is 9.63. The first kappa shape index (κ1) is 15.1. The number of carbonyl (C=O) groups excluding carboxylic acids is 1. The monoisotopic (exact) mass is 291 g/mol. The molecule has 0 radical (unpaired) electrons. The van der Waals surface area contributed by atoms with Gasteiger partial charge in [-0.25, -0.2) is 0 Å². The number of piperidine rings is 1. The molecule has 0 bridgehead atoms. The highest BCUT2D eigenvalue weighted by atomic mass is 32.1. The Morgan fingerprint density at radius 3 is 2.75 bits per heavy atom. The van der Waals surface area contributed by atoms with Gasteiger partial charge in [0, 0.05) is 18.5 Å². The van der Waals surface area contributed by atoms with E-state index in [0.717, 1.165) is 22.6 Å². The number of hydrogen-bond donors (Lipinski definition) is 1. The van der Waals surface area contributed by atoms with Gasteiger partial charge in [0.1, 0.15) is 0 Å². The van der Waals surface area contributed by atoms with Crippen LogP contribution in [0.1, 0.15) is 54.1 Å². The smallest absolute Gasteiger partial charge is 0.264 e. The summed E-state index contributed by atoms with van der Waals surface area (Å²) >= 11 is 1.44. The summed E-state index contributed by atoms with van der Waals surface area (Å²) in [5.41, 5.74) is 0. The summed E-state index contributed by atoms with van der Waals surface area (Å²) in [6.45, 7) is 4.33. The molecule has 2 heterocycles. The Bertz CT molecular complexity index is 516. The molecule has 1 aromatic rings. The fourth-order valence-electron chi connectivity index (χ4n) is 2.67. The molecule has 1 aliphatic rings. The van der Waals surface area contributed by atoms with Crippen molar-refractivity contribution in [2.24, 2.45) is 0 Å². The maximum atomic E-state index is 12.6. The zero-order valence-electron chi connectivity index (χ0n) is 12.1. The third kappa shape index (κ3) is 3.41. The van der Waals surface area contributed by atoms with Crippen LogP contribution in [0.4, 0.5) is 0 Å². The van der Waals surface area contributed by atoms with Crippen LogP contribution in [0.15, 0.2) is 12.1 Å². The van der Waals surface area contributed by atoms with Crippen molar-refractivity contribution in [3.8, 4) is 11.8 Å². The summed E-state index contributed by atoms with van der Waals surface area (Å²) in [5, 5.41) is 8.71. The van der Waals surface area contributed by atoms with Crippen LogP contribution in [0.5, 0.6) is 0 Å². The number of nitrogens with zero attached hydrogens (tertiary/aromatic N) is 1. The lowest BCUT2D eigenvalue weighted by atomic mass is 9.97. The number of likely N-dealkylation sites (tertiary alicyclic amines) is 1. The molecular weight excluding hydrogens is 270 g/mol. The lowest BCUT2D eigenvalue weighted by Crippen LogP contribution is -2.47. The van der Waals surface area contributed by atoms with Crippen molar-refractivity contribution in [3.05, 3.63) is 21.9 Å². The zero-order valence-corrected chi connectivity index (χ0v) is 12.9. The molecule has 0 aliphatic carbocycles. The number of carbonyl (C=O) groups is 1. The van der Waals surface area contributed by atoms with Gasteiger partial charge in [0.2, 0.25) is 0 Å². The molecule has 1 amide bonds. The van der Waals surface area contributed by atoms with Crippen LogP contribution in [0.2, 0.25) is 0 Å². The Morgan fingerprint density at radius 2 is 2.10 bits per heavy atom. The van der Waals surface area contributed by atoms with Gasteiger partial charge in [-0.3, -0.25) is 4.79 Å². The van der Waals surface area contributed by atoms with Gasteiger partial charge < -0.3 is 10.0 Å². The fraction of sp³-hybridized carbons (Fsp3) is 0.562. The Morgan fingerprint density at radius 1 is 1.40 bits per heavy atom. The maximum Gasteiger partial charge on any atom is 0.264 e. The number of aliphatic hydroxyl groups excluding tert-OH is 1. The van der Waals surface area contributed by atoms with E-state index in [1.165, 1.54) is 17.8 Å². The Labute approximate surface area is 124 Å². The lowest BCUT2D eigenvalue weighted by molar-refractivity contribution is 0.0516. The van der Waals surface area contributed by atoms with Crippen molar-refractivity contribution >= 4 is 17.2 Å². The normalized spacial score (nSPS) is 22.2. The SMILES string of the molecule is C[C@@H]1CCC[C@H](C)N1C(=O)c1ccc(C#CCCO)s1. The van der Waals surface area contributed by atoms with Gasteiger partial charge in [-0.15, -0.1) is 11.3 Å². The van der Waals surface area contributed by atoms with Gasteiger partial charge in [0.05, 0.1) is 16.4 Å². The average molecular weight is 291 g/mol. The molecule has 0 unspecified atom stereocenters.